The Kier molecular flexibility index (Phi) is 3.16. The lowest BCUT2D eigenvalue weighted by atomic mass is 10.0. The van der Waals surface area contributed by atoms with Gasteiger partial charge in [0.25, 0.3) is 0 Å². The van der Waals surface area contributed by atoms with Gasteiger partial charge in [0, 0.05) is 5.56 Å². The third-order valence-electron chi connectivity index (χ3n) is 3.30. The second-order valence-electron chi connectivity index (χ2n) is 4.64. The van der Waals surface area contributed by atoms with Crippen LogP contribution in [0.2, 0.25) is 0 Å². The summed E-state index contributed by atoms with van der Waals surface area (Å²) < 4.78 is 40.8. The SMILES string of the molecule is CCc1cnc2ccc(-c3ccccc3C(F)(F)F)nn12. The largest absolute Gasteiger partial charge is 0.417 e. The molecule has 2 aromatic heterocycles. The molecule has 3 nitrogen and oxygen atoms in total. The van der Waals surface area contributed by atoms with E-state index in [-0.39, 0.29) is 11.3 Å². The molecule has 0 N–H and O–H groups in total. The van der Waals surface area contributed by atoms with Gasteiger partial charge in [0.15, 0.2) is 5.65 Å². The fourth-order valence-corrected chi connectivity index (χ4v) is 2.26. The molecule has 0 saturated carbocycles. The summed E-state index contributed by atoms with van der Waals surface area (Å²) in [7, 11) is 0. The monoisotopic (exact) mass is 291 g/mol. The summed E-state index contributed by atoms with van der Waals surface area (Å²) in [6, 6.07) is 8.68. The van der Waals surface area contributed by atoms with Crippen molar-refractivity contribution in [2.24, 2.45) is 0 Å². The van der Waals surface area contributed by atoms with Gasteiger partial charge in [-0.25, -0.2) is 9.50 Å². The van der Waals surface area contributed by atoms with Crippen molar-refractivity contribution in [3.63, 3.8) is 0 Å². The topological polar surface area (TPSA) is 30.2 Å². The highest BCUT2D eigenvalue weighted by Crippen LogP contribution is 2.36. The zero-order valence-electron chi connectivity index (χ0n) is 11.2. The molecule has 0 fully saturated rings. The van der Waals surface area contributed by atoms with Crippen LogP contribution < -0.4 is 0 Å². The number of halogens is 3. The summed E-state index contributed by atoms with van der Waals surface area (Å²) in [4.78, 5) is 4.17. The summed E-state index contributed by atoms with van der Waals surface area (Å²) >= 11 is 0. The molecule has 3 aromatic rings. The maximum atomic E-state index is 13.1. The Hall–Kier alpha value is -2.37. The van der Waals surface area contributed by atoms with Gasteiger partial charge >= 0.3 is 6.18 Å². The third-order valence-corrected chi connectivity index (χ3v) is 3.30. The van der Waals surface area contributed by atoms with E-state index >= 15 is 0 Å². The van der Waals surface area contributed by atoms with Crippen molar-refractivity contribution in [1.82, 2.24) is 14.6 Å². The molecule has 1 aromatic carbocycles. The Morgan fingerprint density at radius 2 is 1.86 bits per heavy atom. The van der Waals surface area contributed by atoms with Crippen LogP contribution in [0.15, 0.2) is 42.6 Å². The molecule has 2 heterocycles. The van der Waals surface area contributed by atoms with Crippen LogP contribution in [0.4, 0.5) is 13.2 Å². The van der Waals surface area contributed by atoms with Crippen molar-refractivity contribution in [3.8, 4) is 11.3 Å². The highest BCUT2D eigenvalue weighted by atomic mass is 19.4. The van der Waals surface area contributed by atoms with Crippen LogP contribution in [0.3, 0.4) is 0 Å². The quantitative estimate of drug-likeness (QED) is 0.715. The highest BCUT2D eigenvalue weighted by molar-refractivity contribution is 5.65. The van der Waals surface area contributed by atoms with E-state index in [1.807, 2.05) is 6.92 Å². The molecule has 0 aliphatic rings. The number of fused-ring (bicyclic) bond motifs is 1. The fourth-order valence-electron chi connectivity index (χ4n) is 2.26. The Bertz CT molecular complexity index is 790. The lowest BCUT2D eigenvalue weighted by molar-refractivity contribution is -0.137. The number of alkyl halides is 3. The third kappa shape index (κ3) is 2.37. The summed E-state index contributed by atoms with van der Waals surface area (Å²) in [6.45, 7) is 1.95. The van der Waals surface area contributed by atoms with E-state index in [2.05, 4.69) is 10.1 Å². The summed E-state index contributed by atoms with van der Waals surface area (Å²) in [6.07, 6.45) is -2.02. The van der Waals surface area contributed by atoms with E-state index in [9.17, 15) is 13.2 Å². The van der Waals surface area contributed by atoms with Crippen LogP contribution in [0, 0.1) is 0 Å². The van der Waals surface area contributed by atoms with E-state index in [0.717, 1.165) is 11.8 Å². The predicted molar refractivity (Wildman–Crippen MR) is 72.8 cm³/mol. The van der Waals surface area contributed by atoms with E-state index in [0.29, 0.717) is 12.1 Å². The van der Waals surface area contributed by atoms with Gasteiger partial charge < -0.3 is 0 Å². The molecule has 0 unspecified atom stereocenters. The molecule has 0 aliphatic heterocycles. The lowest BCUT2D eigenvalue weighted by Crippen LogP contribution is -2.08. The van der Waals surface area contributed by atoms with Crippen LogP contribution in [-0.4, -0.2) is 14.6 Å². The Morgan fingerprint density at radius 3 is 2.57 bits per heavy atom. The average molecular weight is 291 g/mol. The molecule has 0 bridgehead atoms. The lowest BCUT2D eigenvalue weighted by Gasteiger charge is -2.12. The normalized spacial score (nSPS) is 12.0. The zero-order chi connectivity index (χ0) is 15.0. The van der Waals surface area contributed by atoms with Crippen molar-refractivity contribution in [2.45, 2.75) is 19.5 Å². The van der Waals surface area contributed by atoms with Gasteiger partial charge in [-0.3, -0.25) is 0 Å². The second-order valence-corrected chi connectivity index (χ2v) is 4.64. The van der Waals surface area contributed by atoms with Crippen molar-refractivity contribution in [1.29, 1.82) is 0 Å². The molecular formula is C15H12F3N3. The number of hydrogen-bond donors (Lipinski definition) is 0. The first-order chi connectivity index (χ1) is 10.0. The number of rotatable bonds is 2. The van der Waals surface area contributed by atoms with Gasteiger partial charge in [0.1, 0.15) is 0 Å². The van der Waals surface area contributed by atoms with Gasteiger partial charge in [-0.2, -0.15) is 18.3 Å². The molecule has 0 amide bonds. The summed E-state index contributed by atoms with van der Waals surface area (Å²) in [5.74, 6) is 0. The molecule has 108 valence electrons. The smallest absolute Gasteiger partial charge is 0.235 e. The number of aromatic nitrogens is 3. The molecule has 0 saturated heterocycles. The fraction of sp³-hybridized carbons (Fsp3) is 0.200. The van der Waals surface area contributed by atoms with E-state index in [4.69, 9.17) is 0 Å². The Morgan fingerprint density at radius 1 is 1.10 bits per heavy atom. The Labute approximate surface area is 119 Å². The first-order valence-electron chi connectivity index (χ1n) is 6.51. The van der Waals surface area contributed by atoms with Crippen LogP contribution in [0.1, 0.15) is 18.2 Å². The van der Waals surface area contributed by atoms with Gasteiger partial charge in [0.05, 0.1) is 23.1 Å². The summed E-state index contributed by atoms with van der Waals surface area (Å²) in [5, 5.41) is 4.30. The van der Waals surface area contributed by atoms with Gasteiger partial charge in [-0.15, -0.1) is 0 Å². The van der Waals surface area contributed by atoms with Crippen LogP contribution in [0.5, 0.6) is 0 Å². The molecule has 0 aliphatic carbocycles. The van der Waals surface area contributed by atoms with Crippen LogP contribution in [-0.2, 0) is 12.6 Å². The first-order valence-corrected chi connectivity index (χ1v) is 6.51. The number of imidazole rings is 1. The van der Waals surface area contributed by atoms with Gasteiger partial charge in [-0.1, -0.05) is 25.1 Å². The molecule has 0 atom stereocenters. The first kappa shape index (κ1) is 13.6. The molecule has 3 rings (SSSR count). The second kappa shape index (κ2) is 4.87. The van der Waals surface area contributed by atoms with Crippen LogP contribution in [0.25, 0.3) is 16.9 Å². The minimum Gasteiger partial charge on any atom is -0.235 e. The minimum absolute atomic E-state index is 0.0719. The van der Waals surface area contributed by atoms with E-state index in [1.54, 1.807) is 28.9 Å². The van der Waals surface area contributed by atoms with E-state index < -0.39 is 11.7 Å². The predicted octanol–water partition coefficient (Wildman–Crippen LogP) is 3.98. The molecule has 0 radical (unpaired) electrons. The number of nitrogens with zero attached hydrogens (tertiary/aromatic N) is 3. The standard InChI is InChI=1S/C15H12F3N3/c1-2-10-9-19-14-8-7-13(20-21(10)14)11-5-3-4-6-12(11)15(16,17)18/h3-9H,2H2,1H3. The van der Waals surface area contributed by atoms with Crippen molar-refractivity contribution < 1.29 is 13.2 Å². The molecule has 0 spiro atoms. The molecular weight excluding hydrogens is 279 g/mol. The number of hydrogen-bond acceptors (Lipinski definition) is 2. The highest BCUT2D eigenvalue weighted by Gasteiger charge is 2.33. The van der Waals surface area contributed by atoms with Crippen molar-refractivity contribution in [2.75, 3.05) is 0 Å². The van der Waals surface area contributed by atoms with Gasteiger partial charge in [0.2, 0.25) is 0 Å². The van der Waals surface area contributed by atoms with Crippen LogP contribution >= 0.6 is 0 Å². The molecule has 21 heavy (non-hydrogen) atoms. The average Bonchev–Trinajstić information content (AvgIpc) is 2.88. The number of aryl methyl sites for hydroxylation is 1. The minimum atomic E-state index is -4.41. The zero-order valence-corrected chi connectivity index (χ0v) is 11.2. The van der Waals surface area contributed by atoms with E-state index in [1.165, 1.54) is 12.1 Å². The number of benzene rings is 1. The van der Waals surface area contributed by atoms with Crippen molar-refractivity contribution >= 4 is 5.65 Å². The van der Waals surface area contributed by atoms with Crippen molar-refractivity contribution in [3.05, 3.63) is 53.9 Å². The maximum absolute atomic E-state index is 13.1. The van der Waals surface area contributed by atoms with Gasteiger partial charge in [-0.05, 0) is 24.6 Å². The molecule has 6 heteroatoms. The summed E-state index contributed by atoms with van der Waals surface area (Å²) in [5.41, 5.74) is 1.15. The maximum Gasteiger partial charge on any atom is 0.417 e. The Balaban J connectivity index is 2.21.